The highest BCUT2D eigenvalue weighted by atomic mass is 16.4. The van der Waals surface area contributed by atoms with Crippen LogP contribution in [0.5, 0.6) is 0 Å². The number of aromatic nitrogens is 2. The second-order valence-electron chi connectivity index (χ2n) is 6.28. The number of hydrogen-bond acceptors (Lipinski definition) is 7. The van der Waals surface area contributed by atoms with Crippen molar-refractivity contribution in [3.05, 3.63) is 12.3 Å². The summed E-state index contributed by atoms with van der Waals surface area (Å²) in [6.45, 7) is 2.21. The van der Waals surface area contributed by atoms with Crippen molar-refractivity contribution < 1.29 is 20.1 Å². The lowest BCUT2D eigenvalue weighted by molar-refractivity contribution is -0.160. The largest absolute Gasteiger partial charge is 0.479 e. The number of piperidine rings is 2. The number of rotatable bonds is 3. The molecule has 0 aliphatic carbocycles. The van der Waals surface area contributed by atoms with Gasteiger partial charge in [-0.15, -0.1) is 0 Å². The summed E-state index contributed by atoms with van der Waals surface area (Å²) in [7, 11) is 0. The number of aliphatic carboxylic acids is 1. The highest BCUT2D eigenvalue weighted by Crippen LogP contribution is 2.26. The lowest BCUT2D eigenvalue weighted by Crippen LogP contribution is -2.49. The lowest BCUT2D eigenvalue weighted by Gasteiger charge is -2.36. The van der Waals surface area contributed by atoms with Crippen LogP contribution in [0, 0.1) is 0 Å². The van der Waals surface area contributed by atoms with Crippen molar-refractivity contribution in [2.45, 2.75) is 37.4 Å². The molecule has 8 heteroatoms. The molecule has 3 heterocycles. The molecule has 0 unspecified atom stereocenters. The topological polar surface area (TPSA) is 110 Å². The molecule has 0 bridgehead atoms. The van der Waals surface area contributed by atoms with Crippen LogP contribution in [0.25, 0.3) is 0 Å². The Labute approximate surface area is 134 Å². The fourth-order valence-electron chi connectivity index (χ4n) is 3.12. The number of hydrogen-bond donors (Lipinski definition) is 3. The second kappa shape index (κ2) is 6.29. The number of aliphatic hydroxyl groups excluding tert-OH is 1. The Bertz CT molecular complexity index is 574. The normalized spacial score (nSPS) is 24.5. The van der Waals surface area contributed by atoms with Crippen molar-refractivity contribution in [3.8, 4) is 0 Å². The number of anilines is 2. The summed E-state index contributed by atoms with van der Waals surface area (Å²) in [6.07, 6.45) is 3.39. The van der Waals surface area contributed by atoms with Gasteiger partial charge in [-0.3, -0.25) is 0 Å². The van der Waals surface area contributed by atoms with Crippen molar-refractivity contribution in [1.29, 1.82) is 0 Å². The maximum Gasteiger partial charge on any atom is 0.335 e. The zero-order valence-corrected chi connectivity index (χ0v) is 12.9. The van der Waals surface area contributed by atoms with E-state index in [9.17, 15) is 15.0 Å². The SMILES string of the molecule is O=C(O)C1(O)CCN(c2nccc(N3CCC[C@H](O)C3)n2)CC1. The Balaban J connectivity index is 1.70. The van der Waals surface area contributed by atoms with Gasteiger partial charge in [-0.2, -0.15) is 4.98 Å². The predicted molar refractivity (Wildman–Crippen MR) is 83.5 cm³/mol. The van der Waals surface area contributed by atoms with Gasteiger partial charge in [0.1, 0.15) is 5.82 Å². The molecule has 3 N–H and O–H groups in total. The number of carboxylic acid groups (broad SMARTS) is 1. The van der Waals surface area contributed by atoms with Crippen molar-refractivity contribution >= 4 is 17.7 Å². The van der Waals surface area contributed by atoms with Crippen molar-refractivity contribution in [3.63, 3.8) is 0 Å². The van der Waals surface area contributed by atoms with Crippen LogP contribution in [0.2, 0.25) is 0 Å². The highest BCUT2D eigenvalue weighted by molar-refractivity contribution is 5.77. The summed E-state index contributed by atoms with van der Waals surface area (Å²) in [5, 5.41) is 28.9. The van der Waals surface area contributed by atoms with Gasteiger partial charge in [0.15, 0.2) is 5.60 Å². The van der Waals surface area contributed by atoms with Crippen LogP contribution in [0.3, 0.4) is 0 Å². The summed E-state index contributed by atoms with van der Waals surface area (Å²) in [5.41, 5.74) is -1.65. The van der Waals surface area contributed by atoms with E-state index < -0.39 is 11.6 Å². The van der Waals surface area contributed by atoms with Crippen LogP contribution in [0.15, 0.2) is 12.3 Å². The minimum atomic E-state index is -1.65. The maximum absolute atomic E-state index is 11.1. The summed E-state index contributed by atoms with van der Waals surface area (Å²) in [6, 6.07) is 1.82. The predicted octanol–water partition coefficient (Wildman–Crippen LogP) is -0.146. The Kier molecular flexibility index (Phi) is 4.36. The minimum absolute atomic E-state index is 0.151. The third kappa shape index (κ3) is 3.37. The first-order chi connectivity index (χ1) is 11.0. The van der Waals surface area contributed by atoms with E-state index in [4.69, 9.17) is 5.11 Å². The Morgan fingerprint density at radius 1 is 1.26 bits per heavy atom. The third-order valence-electron chi connectivity index (χ3n) is 4.62. The van der Waals surface area contributed by atoms with E-state index in [-0.39, 0.29) is 18.9 Å². The van der Waals surface area contributed by atoms with Crippen LogP contribution in [-0.2, 0) is 4.79 Å². The third-order valence-corrected chi connectivity index (χ3v) is 4.62. The van der Waals surface area contributed by atoms with E-state index in [0.29, 0.717) is 25.6 Å². The molecule has 1 aromatic rings. The molecule has 2 fully saturated rings. The van der Waals surface area contributed by atoms with Gasteiger partial charge in [-0.25, -0.2) is 9.78 Å². The number of aliphatic hydroxyl groups is 2. The van der Waals surface area contributed by atoms with Gasteiger partial charge in [-0.1, -0.05) is 0 Å². The van der Waals surface area contributed by atoms with E-state index in [1.807, 2.05) is 15.9 Å². The van der Waals surface area contributed by atoms with E-state index in [1.165, 1.54) is 0 Å². The molecule has 1 atom stereocenters. The molecule has 2 aliphatic rings. The Morgan fingerprint density at radius 3 is 2.65 bits per heavy atom. The molecule has 2 saturated heterocycles. The zero-order chi connectivity index (χ0) is 16.4. The first-order valence-electron chi connectivity index (χ1n) is 7.95. The highest BCUT2D eigenvalue weighted by Gasteiger charge is 2.40. The van der Waals surface area contributed by atoms with E-state index in [2.05, 4.69) is 9.97 Å². The quantitative estimate of drug-likeness (QED) is 0.705. The van der Waals surface area contributed by atoms with Crippen molar-refractivity contribution in [2.75, 3.05) is 36.0 Å². The molecule has 126 valence electrons. The van der Waals surface area contributed by atoms with Crippen LogP contribution in [-0.4, -0.2) is 69.1 Å². The molecule has 23 heavy (non-hydrogen) atoms. The fourth-order valence-corrected chi connectivity index (χ4v) is 3.12. The molecule has 2 aliphatic heterocycles. The van der Waals surface area contributed by atoms with Gasteiger partial charge in [0.05, 0.1) is 6.10 Å². The maximum atomic E-state index is 11.1. The Hall–Kier alpha value is -1.93. The van der Waals surface area contributed by atoms with Crippen LogP contribution >= 0.6 is 0 Å². The van der Waals surface area contributed by atoms with E-state index in [0.717, 1.165) is 25.2 Å². The first-order valence-corrected chi connectivity index (χ1v) is 7.95. The number of nitrogens with zero attached hydrogens (tertiary/aromatic N) is 4. The first kappa shape index (κ1) is 15.9. The summed E-state index contributed by atoms with van der Waals surface area (Å²) >= 11 is 0. The molecular weight excluding hydrogens is 300 g/mol. The second-order valence-corrected chi connectivity index (χ2v) is 6.28. The number of carboxylic acids is 1. The molecule has 1 aromatic heterocycles. The molecule has 0 amide bonds. The standard InChI is InChI=1S/C15H22N4O4/c20-11-2-1-7-19(10-11)12-3-6-16-14(17-12)18-8-4-15(23,5-9-18)13(21)22/h3,6,11,20,23H,1-2,4-5,7-10H2,(H,21,22)/t11-/m0/s1. The molecular formula is C15H22N4O4. The summed E-state index contributed by atoms with van der Waals surface area (Å²) in [4.78, 5) is 23.8. The van der Waals surface area contributed by atoms with Gasteiger partial charge in [0, 0.05) is 45.2 Å². The van der Waals surface area contributed by atoms with Crippen LogP contribution in [0.1, 0.15) is 25.7 Å². The summed E-state index contributed by atoms with van der Waals surface area (Å²) < 4.78 is 0. The zero-order valence-electron chi connectivity index (χ0n) is 12.9. The minimum Gasteiger partial charge on any atom is -0.479 e. The molecule has 0 aromatic carbocycles. The van der Waals surface area contributed by atoms with Gasteiger partial charge >= 0.3 is 5.97 Å². The van der Waals surface area contributed by atoms with Crippen LogP contribution in [0.4, 0.5) is 11.8 Å². The van der Waals surface area contributed by atoms with E-state index >= 15 is 0 Å². The van der Waals surface area contributed by atoms with Gasteiger partial charge in [-0.05, 0) is 18.9 Å². The molecule has 8 nitrogen and oxygen atoms in total. The van der Waals surface area contributed by atoms with Crippen molar-refractivity contribution in [2.24, 2.45) is 0 Å². The molecule has 0 saturated carbocycles. The molecule has 0 radical (unpaired) electrons. The van der Waals surface area contributed by atoms with Gasteiger partial charge < -0.3 is 25.1 Å². The average molecular weight is 322 g/mol. The van der Waals surface area contributed by atoms with Gasteiger partial charge in [0.2, 0.25) is 5.95 Å². The Morgan fingerprint density at radius 2 is 2.00 bits per heavy atom. The monoisotopic (exact) mass is 322 g/mol. The lowest BCUT2D eigenvalue weighted by atomic mass is 9.92. The molecule has 0 spiro atoms. The molecule has 3 rings (SSSR count). The van der Waals surface area contributed by atoms with E-state index in [1.54, 1.807) is 6.20 Å². The number of carbonyl (C=O) groups is 1. The smallest absolute Gasteiger partial charge is 0.335 e. The fraction of sp³-hybridized carbons (Fsp3) is 0.667. The summed E-state index contributed by atoms with van der Waals surface area (Å²) in [5.74, 6) is 0.136. The number of β-amino-alcohol motifs (C(OH)–C–C–N with tert-alkyl or cyclic N) is 1. The van der Waals surface area contributed by atoms with Gasteiger partial charge in [0.25, 0.3) is 0 Å². The average Bonchev–Trinajstić information content (AvgIpc) is 2.55. The van der Waals surface area contributed by atoms with Crippen LogP contribution < -0.4 is 9.80 Å². The van der Waals surface area contributed by atoms with Crippen molar-refractivity contribution in [1.82, 2.24) is 9.97 Å².